The minimum Gasteiger partial charge on any atom is -0.434 e. The lowest BCUT2D eigenvalue weighted by Gasteiger charge is -2.35. The number of nitrogens with zero attached hydrogens (tertiary/aromatic N) is 6. The lowest BCUT2D eigenvalue weighted by Crippen LogP contribution is -2.49. The first-order valence-electron chi connectivity index (χ1n) is 14.0. The average Bonchev–Trinajstić information content (AvgIpc) is 3.60. The molecule has 11 nitrogen and oxygen atoms in total. The van der Waals surface area contributed by atoms with Gasteiger partial charge in [-0.05, 0) is 43.4 Å². The molecule has 1 aliphatic rings. The zero-order valence-corrected chi connectivity index (χ0v) is 24.9. The van der Waals surface area contributed by atoms with Crippen LogP contribution in [0.1, 0.15) is 31.6 Å². The van der Waals surface area contributed by atoms with Crippen LogP contribution < -0.4 is 15.4 Å². The standard InChI is InChI=1S/C28H34F4N8O3S/c1-28(31,32)16-34-17-6-10-38(11-7-17)23(41)15-39-14-21(36-26(42)20-13-35-40-9-3-8-33-25(20)40)24(37-39)19-12-18(44-2)4-5-22(19)43-27(29)30/h3-5,8-9,12-14,17,23,26-27,34,36,41-42H,6-7,10-11,15-16H2,1-2H3. The van der Waals surface area contributed by atoms with Crippen LogP contribution in [0.4, 0.5) is 23.2 Å². The normalized spacial score (nSPS) is 16.5. The van der Waals surface area contributed by atoms with Crippen molar-refractivity contribution in [1.29, 1.82) is 0 Å². The molecule has 1 aromatic carbocycles. The van der Waals surface area contributed by atoms with Gasteiger partial charge in [-0.3, -0.25) is 9.58 Å². The van der Waals surface area contributed by atoms with Crippen LogP contribution in [0.15, 0.2) is 53.9 Å². The molecule has 2 atom stereocenters. The number of anilines is 1. The van der Waals surface area contributed by atoms with Crippen LogP contribution >= 0.6 is 11.8 Å². The number of thioether (sulfide) groups is 1. The largest absolute Gasteiger partial charge is 0.434 e. The van der Waals surface area contributed by atoms with Crippen molar-refractivity contribution in [1.82, 2.24) is 34.6 Å². The molecule has 4 N–H and O–H groups in total. The number of alkyl halides is 4. The van der Waals surface area contributed by atoms with Crippen molar-refractivity contribution in [3.8, 4) is 17.0 Å². The Morgan fingerprint density at radius 1 is 1.20 bits per heavy atom. The fraction of sp³-hybridized carbons (Fsp3) is 0.464. The molecule has 4 heterocycles. The molecule has 2 unspecified atom stereocenters. The predicted octanol–water partition coefficient (Wildman–Crippen LogP) is 4.05. The van der Waals surface area contributed by atoms with Crippen molar-refractivity contribution >= 4 is 23.1 Å². The molecule has 5 rings (SSSR count). The van der Waals surface area contributed by atoms with Gasteiger partial charge in [0.2, 0.25) is 0 Å². The minimum atomic E-state index is -3.08. The van der Waals surface area contributed by atoms with Gasteiger partial charge in [0.15, 0.2) is 11.9 Å². The molecular weight excluding hydrogens is 604 g/mol. The minimum absolute atomic E-state index is 0.0153. The number of fused-ring (bicyclic) bond motifs is 1. The number of halogens is 4. The zero-order valence-electron chi connectivity index (χ0n) is 24.1. The maximum absolute atomic E-state index is 13.4. The Kier molecular flexibility index (Phi) is 9.94. The Labute approximate surface area is 255 Å². The number of benzene rings is 1. The molecular formula is C28H34F4N8O3S. The highest BCUT2D eigenvalue weighted by Gasteiger charge is 2.28. The number of nitrogens with one attached hydrogen (secondary N) is 2. The maximum Gasteiger partial charge on any atom is 0.387 e. The molecule has 0 amide bonds. The van der Waals surface area contributed by atoms with Gasteiger partial charge in [-0.25, -0.2) is 18.3 Å². The van der Waals surface area contributed by atoms with E-state index in [4.69, 9.17) is 4.74 Å². The number of piperidine rings is 1. The van der Waals surface area contributed by atoms with Crippen molar-refractivity contribution in [3.63, 3.8) is 0 Å². The molecule has 4 aromatic rings. The molecule has 238 valence electrons. The molecule has 1 saturated heterocycles. The van der Waals surface area contributed by atoms with E-state index in [0.717, 1.165) is 11.8 Å². The Morgan fingerprint density at radius 2 is 1.98 bits per heavy atom. The number of aromatic nitrogens is 5. The fourth-order valence-electron chi connectivity index (χ4n) is 5.11. The zero-order chi connectivity index (χ0) is 31.4. The van der Waals surface area contributed by atoms with E-state index in [2.05, 4.69) is 25.8 Å². The van der Waals surface area contributed by atoms with Crippen molar-refractivity contribution in [3.05, 3.63) is 54.6 Å². The molecule has 0 saturated carbocycles. The summed E-state index contributed by atoms with van der Waals surface area (Å²) in [5.74, 6) is -2.91. The lowest BCUT2D eigenvalue weighted by molar-refractivity contribution is -0.0495. The number of aliphatic hydroxyl groups is 2. The summed E-state index contributed by atoms with van der Waals surface area (Å²) in [5.41, 5.74) is 1.57. The first-order chi connectivity index (χ1) is 21.0. The fourth-order valence-corrected chi connectivity index (χ4v) is 5.55. The number of aliphatic hydroxyl groups excluding tert-OH is 2. The molecule has 0 radical (unpaired) electrons. The summed E-state index contributed by atoms with van der Waals surface area (Å²) in [6.45, 7) is -1.63. The first kappa shape index (κ1) is 32.0. The second-order valence-electron chi connectivity index (χ2n) is 10.6. The number of hydrogen-bond donors (Lipinski definition) is 4. The predicted molar refractivity (Wildman–Crippen MR) is 157 cm³/mol. The molecule has 0 spiro atoms. The molecule has 0 bridgehead atoms. The van der Waals surface area contributed by atoms with Gasteiger partial charge in [0.25, 0.3) is 5.92 Å². The summed E-state index contributed by atoms with van der Waals surface area (Å²) < 4.78 is 61.0. The molecule has 0 aliphatic carbocycles. The average molecular weight is 639 g/mol. The highest BCUT2D eigenvalue weighted by molar-refractivity contribution is 7.98. The lowest BCUT2D eigenvalue weighted by atomic mass is 10.0. The number of hydrogen-bond acceptors (Lipinski definition) is 10. The molecule has 1 aliphatic heterocycles. The van der Waals surface area contributed by atoms with Crippen molar-refractivity contribution in [2.75, 3.05) is 31.2 Å². The van der Waals surface area contributed by atoms with Crippen LogP contribution in [0.3, 0.4) is 0 Å². The van der Waals surface area contributed by atoms with E-state index in [0.29, 0.717) is 42.8 Å². The van der Waals surface area contributed by atoms with Gasteiger partial charge in [-0.1, -0.05) is 0 Å². The van der Waals surface area contributed by atoms with Gasteiger partial charge in [0.1, 0.15) is 17.7 Å². The topological polar surface area (TPSA) is 125 Å². The van der Waals surface area contributed by atoms with Crippen molar-refractivity contribution < 1.29 is 32.5 Å². The van der Waals surface area contributed by atoms with Gasteiger partial charge in [0, 0.05) is 55.1 Å². The van der Waals surface area contributed by atoms with E-state index in [9.17, 15) is 27.8 Å². The Bertz CT molecular complexity index is 1540. The molecule has 44 heavy (non-hydrogen) atoms. The third-order valence-corrected chi connectivity index (χ3v) is 8.04. The molecule has 16 heteroatoms. The van der Waals surface area contributed by atoms with Crippen LogP contribution in [0.25, 0.3) is 16.9 Å². The summed E-state index contributed by atoms with van der Waals surface area (Å²) in [4.78, 5) is 6.87. The number of likely N-dealkylation sites (tertiary alicyclic amines) is 1. The first-order valence-corrected chi connectivity index (χ1v) is 15.2. The second-order valence-corrected chi connectivity index (χ2v) is 11.5. The molecule has 3 aromatic heterocycles. The summed E-state index contributed by atoms with van der Waals surface area (Å²) >= 11 is 1.41. The van der Waals surface area contributed by atoms with Crippen LogP contribution in [0.5, 0.6) is 5.75 Å². The second kappa shape index (κ2) is 13.7. The van der Waals surface area contributed by atoms with Gasteiger partial charge >= 0.3 is 6.61 Å². The van der Waals surface area contributed by atoms with E-state index >= 15 is 0 Å². The van der Waals surface area contributed by atoms with E-state index in [1.807, 2.05) is 11.2 Å². The van der Waals surface area contributed by atoms with Crippen molar-refractivity contribution in [2.24, 2.45) is 0 Å². The quantitative estimate of drug-likeness (QED) is 0.0969. The summed E-state index contributed by atoms with van der Waals surface area (Å²) in [6.07, 6.45) is 7.03. The summed E-state index contributed by atoms with van der Waals surface area (Å²) in [7, 11) is 0. The van der Waals surface area contributed by atoms with Crippen molar-refractivity contribution in [2.45, 2.75) is 62.2 Å². The maximum atomic E-state index is 13.4. The van der Waals surface area contributed by atoms with Gasteiger partial charge < -0.3 is 25.6 Å². The SMILES string of the molecule is CSc1ccc(OC(F)F)c(-c2nn(CC(O)N3CCC(NCC(C)(F)F)CC3)cc2NC(O)c2cnn3cccnc23)c1. The van der Waals surface area contributed by atoms with E-state index in [1.54, 1.807) is 36.8 Å². The highest BCUT2D eigenvalue weighted by Crippen LogP contribution is 2.38. The molecule has 1 fully saturated rings. The Morgan fingerprint density at radius 3 is 2.68 bits per heavy atom. The smallest absolute Gasteiger partial charge is 0.387 e. The Balaban J connectivity index is 1.40. The highest BCUT2D eigenvalue weighted by atomic mass is 32.2. The van der Waals surface area contributed by atoms with Crippen LogP contribution in [-0.2, 0) is 6.54 Å². The van der Waals surface area contributed by atoms with Gasteiger partial charge in [-0.2, -0.15) is 19.0 Å². The summed E-state index contributed by atoms with van der Waals surface area (Å²) in [6, 6.07) is 6.37. The summed E-state index contributed by atoms with van der Waals surface area (Å²) in [5, 5.41) is 36.9. The van der Waals surface area contributed by atoms with Crippen LogP contribution in [0.2, 0.25) is 0 Å². The van der Waals surface area contributed by atoms with Gasteiger partial charge in [0.05, 0.1) is 30.5 Å². The third kappa shape index (κ3) is 7.79. The van der Waals surface area contributed by atoms with Crippen LogP contribution in [0, 0.1) is 0 Å². The van der Waals surface area contributed by atoms with Crippen LogP contribution in [-0.4, -0.2) is 90.2 Å². The Hall–Kier alpha value is -3.44. The number of ether oxygens (including phenoxy) is 1. The number of rotatable bonds is 13. The van der Waals surface area contributed by atoms with E-state index < -0.39 is 31.5 Å². The van der Waals surface area contributed by atoms with E-state index in [-0.39, 0.29) is 29.6 Å². The van der Waals surface area contributed by atoms with Gasteiger partial charge in [-0.15, -0.1) is 11.8 Å². The monoisotopic (exact) mass is 638 g/mol. The third-order valence-electron chi connectivity index (χ3n) is 7.32. The van der Waals surface area contributed by atoms with E-state index in [1.165, 1.54) is 33.2 Å².